The molecule has 30 heavy (non-hydrogen) atoms. The number of carbonyl (C=O) groups excluding carboxylic acids is 2. The molecule has 10 nitrogen and oxygen atoms in total. The summed E-state index contributed by atoms with van der Waals surface area (Å²) in [7, 11) is -7.11. The fourth-order valence-electron chi connectivity index (χ4n) is 3.13. The number of rotatable bonds is 6. The van der Waals surface area contributed by atoms with Gasteiger partial charge in [-0.3, -0.25) is 4.79 Å². The molecule has 2 aliphatic rings. The molecule has 2 fully saturated rings. The summed E-state index contributed by atoms with van der Waals surface area (Å²) in [6, 6.07) is 1.38. The molecule has 1 aromatic rings. The molecule has 2 saturated heterocycles. The second-order valence-electron chi connectivity index (χ2n) is 6.75. The molecule has 168 valence electrons. The molecule has 0 bridgehead atoms. The van der Waals surface area contributed by atoms with E-state index >= 15 is 0 Å². The first kappa shape index (κ1) is 23.5. The van der Waals surface area contributed by atoms with Gasteiger partial charge in [0.05, 0.1) is 6.26 Å². The van der Waals surface area contributed by atoms with E-state index in [1.54, 1.807) is 11.8 Å². The fourth-order valence-corrected chi connectivity index (χ4v) is 7.81. The molecule has 0 unspecified atom stereocenters. The van der Waals surface area contributed by atoms with E-state index < -0.39 is 38.5 Å². The summed E-state index contributed by atoms with van der Waals surface area (Å²) in [6.45, 7) is 1.00. The predicted octanol–water partition coefficient (Wildman–Crippen LogP) is -0.254. The maximum Gasteiger partial charge on any atom is 0.350 e. The van der Waals surface area contributed by atoms with E-state index in [1.165, 1.54) is 25.0 Å². The van der Waals surface area contributed by atoms with Crippen molar-refractivity contribution in [2.45, 2.75) is 4.90 Å². The van der Waals surface area contributed by atoms with E-state index in [4.69, 9.17) is 4.74 Å². The Hall–Kier alpha value is -1.19. The van der Waals surface area contributed by atoms with Crippen molar-refractivity contribution in [3.8, 4) is 0 Å². The molecule has 14 heteroatoms. The molecular formula is C16H23N3O7S4. The number of sulfonamides is 2. The minimum atomic E-state index is -3.80. The Labute approximate surface area is 184 Å². The minimum Gasteiger partial charge on any atom is -0.451 e. The number of piperazine rings is 1. The number of esters is 1. The lowest BCUT2D eigenvalue weighted by atomic mass is 10.3. The van der Waals surface area contributed by atoms with E-state index in [-0.39, 0.29) is 36.0 Å². The molecule has 0 radical (unpaired) electrons. The van der Waals surface area contributed by atoms with Gasteiger partial charge in [-0.25, -0.2) is 21.6 Å². The fraction of sp³-hybridized carbons (Fsp3) is 0.625. The zero-order valence-electron chi connectivity index (χ0n) is 16.4. The number of thioether (sulfide) groups is 1. The third-order valence-electron chi connectivity index (χ3n) is 4.79. The van der Waals surface area contributed by atoms with Crippen LogP contribution in [0.25, 0.3) is 0 Å². The highest BCUT2D eigenvalue weighted by Crippen LogP contribution is 2.27. The number of amides is 1. The average Bonchev–Trinajstić information content (AvgIpc) is 3.23. The van der Waals surface area contributed by atoms with Crippen molar-refractivity contribution >= 4 is 55.0 Å². The first-order valence-corrected chi connectivity index (χ1v) is 14.5. The van der Waals surface area contributed by atoms with Crippen LogP contribution in [0.1, 0.15) is 9.67 Å². The minimum absolute atomic E-state index is 0.0528. The van der Waals surface area contributed by atoms with Gasteiger partial charge in [0.15, 0.2) is 6.61 Å². The maximum absolute atomic E-state index is 12.9. The second kappa shape index (κ2) is 9.53. The van der Waals surface area contributed by atoms with Crippen LogP contribution in [0.2, 0.25) is 0 Å². The molecule has 3 rings (SSSR count). The van der Waals surface area contributed by atoms with Crippen LogP contribution in [0.15, 0.2) is 16.3 Å². The van der Waals surface area contributed by atoms with Gasteiger partial charge >= 0.3 is 5.97 Å². The van der Waals surface area contributed by atoms with E-state index in [1.807, 2.05) is 0 Å². The number of thiophene rings is 1. The van der Waals surface area contributed by atoms with Crippen LogP contribution in [0, 0.1) is 0 Å². The number of carbonyl (C=O) groups is 2. The Morgan fingerprint density at radius 2 is 1.63 bits per heavy atom. The zero-order valence-corrected chi connectivity index (χ0v) is 19.6. The molecule has 0 saturated carbocycles. The predicted molar refractivity (Wildman–Crippen MR) is 114 cm³/mol. The third-order valence-corrected chi connectivity index (χ3v) is 10.00. The number of hydrogen-bond donors (Lipinski definition) is 0. The Morgan fingerprint density at radius 3 is 2.23 bits per heavy atom. The highest BCUT2D eigenvalue weighted by atomic mass is 32.2. The SMILES string of the molecule is CS(=O)(=O)N1CCN(C(=O)COC(=O)c2sccc2S(=O)(=O)N2CCSCC2)CC1. The quantitative estimate of drug-likeness (QED) is 0.493. The second-order valence-corrected chi connectivity index (χ2v) is 12.8. The summed E-state index contributed by atoms with van der Waals surface area (Å²) in [4.78, 5) is 26.1. The van der Waals surface area contributed by atoms with Crippen LogP contribution in [0.3, 0.4) is 0 Å². The molecule has 1 aromatic heterocycles. The Morgan fingerprint density at radius 1 is 1.00 bits per heavy atom. The molecule has 0 aromatic carbocycles. The summed E-state index contributed by atoms with van der Waals surface area (Å²) < 4.78 is 56.5. The van der Waals surface area contributed by atoms with Crippen molar-refractivity contribution in [2.75, 3.05) is 63.6 Å². The Bertz CT molecular complexity index is 992. The highest BCUT2D eigenvalue weighted by Gasteiger charge is 2.32. The Kier molecular flexibility index (Phi) is 7.45. The van der Waals surface area contributed by atoms with Crippen LogP contribution in [0.4, 0.5) is 0 Å². The number of nitrogens with zero attached hydrogens (tertiary/aromatic N) is 3. The van der Waals surface area contributed by atoms with Crippen LogP contribution < -0.4 is 0 Å². The Balaban J connectivity index is 1.59. The molecule has 1 amide bonds. The zero-order chi connectivity index (χ0) is 21.9. The van der Waals surface area contributed by atoms with Crippen molar-refractivity contribution in [3.05, 3.63) is 16.3 Å². The summed E-state index contributed by atoms with van der Waals surface area (Å²) in [5.74, 6) is 0.0812. The molecular weight excluding hydrogens is 474 g/mol. The average molecular weight is 498 g/mol. The molecule has 2 aliphatic heterocycles. The van der Waals surface area contributed by atoms with Crippen molar-refractivity contribution in [1.82, 2.24) is 13.5 Å². The van der Waals surface area contributed by atoms with Gasteiger partial charge in [-0.15, -0.1) is 11.3 Å². The monoisotopic (exact) mass is 497 g/mol. The molecule has 3 heterocycles. The maximum atomic E-state index is 12.9. The van der Waals surface area contributed by atoms with Crippen molar-refractivity contribution in [3.63, 3.8) is 0 Å². The third kappa shape index (κ3) is 5.34. The van der Waals surface area contributed by atoms with E-state index in [0.29, 0.717) is 24.6 Å². The van der Waals surface area contributed by atoms with Gasteiger partial charge in [-0.05, 0) is 11.4 Å². The summed E-state index contributed by atoms with van der Waals surface area (Å²) in [6.07, 6.45) is 1.11. The number of ether oxygens (including phenoxy) is 1. The summed E-state index contributed by atoms with van der Waals surface area (Å²) >= 11 is 2.63. The first-order chi connectivity index (χ1) is 14.1. The number of hydrogen-bond acceptors (Lipinski definition) is 9. The van der Waals surface area contributed by atoms with Crippen molar-refractivity contribution in [1.29, 1.82) is 0 Å². The van der Waals surface area contributed by atoms with Crippen LogP contribution in [-0.2, 0) is 29.6 Å². The standard InChI is InChI=1S/C16H23N3O7S4/c1-29(22,23)18-5-3-17(4-6-18)14(20)12-26-16(21)15-13(2-9-28-15)30(24,25)19-7-10-27-11-8-19/h2,9H,3-8,10-12H2,1H3. The van der Waals surface area contributed by atoms with Gasteiger partial charge in [0.1, 0.15) is 9.77 Å². The van der Waals surface area contributed by atoms with E-state index in [0.717, 1.165) is 17.6 Å². The lowest BCUT2D eigenvalue weighted by molar-refractivity contribution is -0.135. The van der Waals surface area contributed by atoms with Gasteiger partial charge in [0.2, 0.25) is 20.0 Å². The highest BCUT2D eigenvalue weighted by molar-refractivity contribution is 7.99. The van der Waals surface area contributed by atoms with Gasteiger partial charge in [0.25, 0.3) is 5.91 Å². The van der Waals surface area contributed by atoms with E-state index in [9.17, 15) is 26.4 Å². The van der Waals surface area contributed by atoms with Gasteiger partial charge in [0, 0.05) is 50.8 Å². The lowest BCUT2D eigenvalue weighted by Crippen LogP contribution is -2.51. The topological polar surface area (TPSA) is 121 Å². The normalized spacial score (nSPS) is 19.6. The van der Waals surface area contributed by atoms with Crippen LogP contribution in [0.5, 0.6) is 0 Å². The van der Waals surface area contributed by atoms with Gasteiger partial charge in [-0.1, -0.05) is 0 Å². The molecule has 0 aliphatic carbocycles. The van der Waals surface area contributed by atoms with Crippen molar-refractivity contribution in [2.24, 2.45) is 0 Å². The molecule has 0 N–H and O–H groups in total. The van der Waals surface area contributed by atoms with Crippen molar-refractivity contribution < 1.29 is 31.2 Å². The van der Waals surface area contributed by atoms with Gasteiger partial charge in [-0.2, -0.15) is 20.4 Å². The van der Waals surface area contributed by atoms with Gasteiger partial charge < -0.3 is 9.64 Å². The molecule has 0 atom stereocenters. The molecule has 0 spiro atoms. The summed E-state index contributed by atoms with van der Waals surface area (Å²) in [5, 5.41) is 1.51. The lowest BCUT2D eigenvalue weighted by Gasteiger charge is -2.33. The summed E-state index contributed by atoms with van der Waals surface area (Å²) in [5.41, 5.74) is 0. The largest absolute Gasteiger partial charge is 0.451 e. The first-order valence-electron chi connectivity index (χ1n) is 9.16. The smallest absolute Gasteiger partial charge is 0.350 e. The van der Waals surface area contributed by atoms with E-state index in [2.05, 4.69) is 0 Å². The van der Waals surface area contributed by atoms with Crippen LogP contribution >= 0.6 is 23.1 Å². The van der Waals surface area contributed by atoms with Crippen LogP contribution in [-0.4, -0.2) is 106 Å².